The number of hydrogen-bond donors (Lipinski definition) is 2. The monoisotopic (exact) mass is 288 g/mol. The highest BCUT2D eigenvalue weighted by molar-refractivity contribution is 5.96. The van der Waals surface area contributed by atoms with Gasteiger partial charge in [0.05, 0.1) is 28.3 Å². The molecule has 2 N–H and O–H groups in total. The van der Waals surface area contributed by atoms with Crippen LogP contribution in [0.3, 0.4) is 0 Å². The molecule has 0 unspecified atom stereocenters. The van der Waals surface area contributed by atoms with E-state index in [1.165, 1.54) is 0 Å². The predicted octanol–water partition coefficient (Wildman–Crippen LogP) is 2.95. The molecule has 6 heteroatoms. The van der Waals surface area contributed by atoms with Crippen molar-refractivity contribution < 1.29 is 0 Å². The number of benzene rings is 2. The molecule has 4 rings (SSSR count). The average Bonchev–Trinajstić information content (AvgIpc) is 2.98. The van der Waals surface area contributed by atoms with Gasteiger partial charge in [-0.05, 0) is 18.2 Å². The van der Waals surface area contributed by atoms with Crippen molar-refractivity contribution in [2.45, 2.75) is 0 Å². The van der Waals surface area contributed by atoms with Gasteiger partial charge in [0.2, 0.25) is 5.95 Å². The number of hydrazone groups is 1. The SMILES string of the molecule is C(=N/Nc1nc2ccccc2[nH]1)/c1cccc2nccnc12. The Balaban J connectivity index is 1.61. The van der Waals surface area contributed by atoms with E-state index in [0.29, 0.717) is 5.95 Å². The van der Waals surface area contributed by atoms with E-state index in [2.05, 4.69) is 30.5 Å². The molecule has 0 saturated heterocycles. The Morgan fingerprint density at radius 3 is 2.77 bits per heavy atom. The molecule has 2 heterocycles. The molecular weight excluding hydrogens is 276 g/mol. The van der Waals surface area contributed by atoms with Gasteiger partial charge in [-0.3, -0.25) is 9.97 Å². The maximum atomic E-state index is 4.40. The van der Waals surface area contributed by atoms with Gasteiger partial charge in [-0.15, -0.1) is 0 Å². The van der Waals surface area contributed by atoms with Crippen LogP contribution in [0, 0.1) is 0 Å². The molecule has 0 bridgehead atoms. The van der Waals surface area contributed by atoms with Crippen molar-refractivity contribution in [2.75, 3.05) is 5.43 Å². The Kier molecular flexibility index (Phi) is 2.97. The molecule has 0 aliphatic rings. The summed E-state index contributed by atoms with van der Waals surface area (Å²) >= 11 is 0. The van der Waals surface area contributed by atoms with Crippen LogP contribution in [0.15, 0.2) is 60.0 Å². The lowest BCUT2D eigenvalue weighted by atomic mass is 10.2. The van der Waals surface area contributed by atoms with Gasteiger partial charge in [-0.2, -0.15) is 5.10 Å². The van der Waals surface area contributed by atoms with Crippen molar-refractivity contribution in [3.8, 4) is 0 Å². The summed E-state index contributed by atoms with van der Waals surface area (Å²) in [7, 11) is 0. The third-order valence-corrected chi connectivity index (χ3v) is 3.29. The zero-order valence-corrected chi connectivity index (χ0v) is 11.6. The number of rotatable bonds is 3. The van der Waals surface area contributed by atoms with Crippen LogP contribution in [-0.4, -0.2) is 26.2 Å². The Bertz CT molecular complexity index is 934. The summed E-state index contributed by atoms with van der Waals surface area (Å²) < 4.78 is 0. The van der Waals surface area contributed by atoms with E-state index in [1.807, 2.05) is 42.5 Å². The Morgan fingerprint density at radius 2 is 1.82 bits per heavy atom. The molecule has 2 aromatic heterocycles. The van der Waals surface area contributed by atoms with E-state index in [9.17, 15) is 0 Å². The number of aromatic amines is 1. The maximum absolute atomic E-state index is 4.40. The minimum atomic E-state index is 0.601. The first-order valence-electron chi connectivity index (χ1n) is 6.84. The Hall–Kier alpha value is -3.28. The summed E-state index contributed by atoms with van der Waals surface area (Å²) in [5.41, 5.74) is 7.33. The Labute approximate surface area is 126 Å². The summed E-state index contributed by atoms with van der Waals surface area (Å²) in [6.45, 7) is 0. The van der Waals surface area contributed by atoms with Gasteiger partial charge < -0.3 is 4.98 Å². The van der Waals surface area contributed by atoms with Crippen LogP contribution in [-0.2, 0) is 0 Å². The molecule has 22 heavy (non-hydrogen) atoms. The first-order valence-corrected chi connectivity index (χ1v) is 6.84. The standard InChI is InChI=1S/C16H12N6/c1-2-6-13-12(5-1)20-16(21-13)22-19-10-11-4-3-7-14-15(11)18-9-8-17-14/h1-10H,(H2,20,21,22)/b19-10-. The van der Waals surface area contributed by atoms with Gasteiger partial charge in [-0.25, -0.2) is 10.4 Å². The molecule has 2 aromatic carbocycles. The van der Waals surface area contributed by atoms with Gasteiger partial charge in [0, 0.05) is 18.0 Å². The number of nitrogens with zero attached hydrogens (tertiary/aromatic N) is 4. The summed E-state index contributed by atoms with van der Waals surface area (Å²) in [6, 6.07) is 13.6. The van der Waals surface area contributed by atoms with E-state index >= 15 is 0 Å². The zero-order chi connectivity index (χ0) is 14.8. The van der Waals surface area contributed by atoms with Crippen LogP contribution >= 0.6 is 0 Å². The molecular formula is C16H12N6. The smallest absolute Gasteiger partial charge is 0.222 e. The third kappa shape index (κ3) is 2.26. The molecule has 0 amide bonds. The minimum Gasteiger partial charge on any atom is -0.323 e. The van der Waals surface area contributed by atoms with E-state index in [0.717, 1.165) is 27.6 Å². The van der Waals surface area contributed by atoms with Crippen molar-refractivity contribution in [3.63, 3.8) is 0 Å². The van der Waals surface area contributed by atoms with E-state index in [4.69, 9.17) is 0 Å². The second-order valence-corrected chi connectivity index (χ2v) is 4.74. The molecule has 106 valence electrons. The quantitative estimate of drug-likeness (QED) is 0.449. The fourth-order valence-corrected chi connectivity index (χ4v) is 2.29. The summed E-state index contributed by atoms with van der Waals surface area (Å²) in [5, 5.41) is 4.22. The number of anilines is 1. The number of hydrogen-bond acceptors (Lipinski definition) is 5. The lowest BCUT2D eigenvalue weighted by Gasteiger charge is -1.99. The van der Waals surface area contributed by atoms with Crippen molar-refractivity contribution in [1.82, 2.24) is 19.9 Å². The van der Waals surface area contributed by atoms with E-state index in [1.54, 1.807) is 18.6 Å². The number of imidazole rings is 1. The number of nitrogens with one attached hydrogen (secondary N) is 2. The van der Waals surface area contributed by atoms with Crippen LogP contribution in [0.25, 0.3) is 22.1 Å². The van der Waals surface area contributed by atoms with Gasteiger partial charge in [0.25, 0.3) is 0 Å². The fraction of sp³-hybridized carbons (Fsp3) is 0. The van der Waals surface area contributed by atoms with Crippen molar-refractivity contribution in [1.29, 1.82) is 0 Å². The van der Waals surface area contributed by atoms with Crippen molar-refractivity contribution in [2.24, 2.45) is 5.10 Å². The first-order chi connectivity index (χ1) is 10.9. The number of fused-ring (bicyclic) bond motifs is 2. The van der Waals surface area contributed by atoms with Crippen LogP contribution in [0.1, 0.15) is 5.56 Å². The largest absolute Gasteiger partial charge is 0.323 e. The molecule has 0 radical (unpaired) electrons. The molecule has 0 saturated carbocycles. The maximum Gasteiger partial charge on any atom is 0.222 e. The molecule has 4 aromatic rings. The number of H-pyrrole nitrogens is 1. The highest BCUT2D eigenvalue weighted by Crippen LogP contribution is 2.14. The van der Waals surface area contributed by atoms with E-state index in [-0.39, 0.29) is 0 Å². The predicted molar refractivity (Wildman–Crippen MR) is 86.8 cm³/mol. The van der Waals surface area contributed by atoms with Crippen LogP contribution in [0.4, 0.5) is 5.95 Å². The Morgan fingerprint density at radius 1 is 0.955 bits per heavy atom. The fourth-order valence-electron chi connectivity index (χ4n) is 2.29. The van der Waals surface area contributed by atoms with Crippen molar-refractivity contribution >= 4 is 34.2 Å². The third-order valence-electron chi connectivity index (χ3n) is 3.29. The van der Waals surface area contributed by atoms with Crippen LogP contribution in [0.5, 0.6) is 0 Å². The topological polar surface area (TPSA) is 78.9 Å². The minimum absolute atomic E-state index is 0.601. The first kappa shape index (κ1) is 12.5. The van der Waals surface area contributed by atoms with Crippen LogP contribution < -0.4 is 5.43 Å². The summed E-state index contributed by atoms with van der Waals surface area (Å²) in [5.74, 6) is 0.601. The second kappa shape index (κ2) is 5.25. The molecule has 0 fully saturated rings. The zero-order valence-electron chi connectivity index (χ0n) is 11.6. The highest BCUT2D eigenvalue weighted by atomic mass is 15.3. The average molecular weight is 288 g/mol. The van der Waals surface area contributed by atoms with Gasteiger partial charge in [0.1, 0.15) is 0 Å². The lowest BCUT2D eigenvalue weighted by molar-refractivity contribution is 1.21. The second-order valence-electron chi connectivity index (χ2n) is 4.74. The highest BCUT2D eigenvalue weighted by Gasteiger charge is 2.01. The number of para-hydroxylation sites is 3. The number of aromatic nitrogens is 4. The molecule has 0 aliphatic heterocycles. The van der Waals surface area contributed by atoms with Crippen LogP contribution in [0.2, 0.25) is 0 Å². The lowest BCUT2D eigenvalue weighted by Crippen LogP contribution is -1.94. The van der Waals surface area contributed by atoms with Crippen molar-refractivity contribution in [3.05, 3.63) is 60.4 Å². The van der Waals surface area contributed by atoms with Gasteiger partial charge in [0.15, 0.2) is 0 Å². The molecule has 0 atom stereocenters. The molecule has 0 spiro atoms. The normalized spacial score (nSPS) is 11.5. The van der Waals surface area contributed by atoms with Gasteiger partial charge >= 0.3 is 0 Å². The molecule has 6 nitrogen and oxygen atoms in total. The summed E-state index contributed by atoms with van der Waals surface area (Å²) in [4.78, 5) is 16.2. The molecule has 0 aliphatic carbocycles. The van der Waals surface area contributed by atoms with E-state index < -0.39 is 0 Å². The van der Waals surface area contributed by atoms with Gasteiger partial charge in [-0.1, -0.05) is 24.3 Å². The summed E-state index contributed by atoms with van der Waals surface area (Å²) in [6.07, 6.45) is 5.06.